The molecule has 1 unspecified atom stereocenters. The zero-order valence-electron chi connectivity index (χ0n) is 8.27. The van der Waals surface area contributed by atoms with E-state index in [9.17, 15) is 5.11 Å². The van der Waals surface area contributed by atoms with Gasteiger partial charge in [-0.25, -0.2) is 0 Å². The number of hydrogen-bond donors (Lipinski definition) is 1. The van der Waals surface area contributed by atoms with Gasteiger partial charge < -0.3 is 9.52 Å². The van der Waals surface area contributed by atoms with Gasteiger partial charge in [0.05, 0.1) is 12.5 Å². The maximum absolute atomic E-state index is 10.1. The SMILES string of the molecule is Cc1ccc(Cl)cc1C(O)c1ccoc1. The molecule has 0 spiro atoms. The van der Waals surface area contributed by atoms with Crippen LogP contribution >= 0.6 is 11.6 Å². The summed E-state index contributed by atoms with van der Waals surface area (Å²) < 4.78 is 4.93. The Kier molecular flexibility index (Phi) is 2.80. The van der Waals surface area contributed by atoms with Gasteiger partial charge in [0.15, 0.2) is 0 Å². The minimum absolute atomic E-state index is 0.623. The first-order chi connectivity index (χ1) is 7.18. The van der Waals surface area contributed by atoms with Crippen molar-refractivity contribution in [3.63, 3.8) is 0 Å². The van der Waals surface area contributed by atoms with Crippen LogP contribution in [0, 0.1) is 6.92 Å². The predicted molar refractivity (Wildman–Crippen MR) is 59.0 cm³/mol. The van der Waals surface area contributed by atoms with Gasteiger partial charge in [-0.1, -0.05) is 17.7 Å². The van der Waals surface area contributed by atoms with Crippen LogP contribution in [-0.4, -0.2) is 5.11 Å². The molecule has 1 aromatic heterocycles. The zero-order chi connectivity index (χ0) is 10.8. The quantitative estimate of drug-likeness (QED) is 0.846. The van der Waals surface area contributed by atoms with Crippen molar-refractivity contribution < 1.29 is 9.52 Å². The molecule has 0 saturated heterocycles. The average Bonchev–Trinajstić information content (AvgIpc) is 2.74. The van der Waals surface area contributed by atoms with Crippen molar-refractivity contribution >= 4 is 11.6 Å². The fourth-order valence-corrected chi connectivity index (χ4v) is 1.70. The number of rotatable bonds is 2. The lowest BCUT2D eigenvalue weighted by molar-refractivity contribution is 0.218. The summed E-state index contributed by atoms with van der Waals surface area (Å²) in [6.07, 6.45) is 2.39. The van der Waals surface area contributed by atoms with Crippen LogP contribution in [-0.2, 0) is 0 Å². The number of aliphatic hydroxyl groups is 1. The molecule has 1 heterocycles. The molecule has 1 N–H and O–H groups in total. The Morgan fingerprint density at radius 3 is 2.80 bits per heavy atom. The second-order valence-electron chi connectivity index (χ2n) is 3.46. The average molecular weight is 223 g/mol. The zero-order valence-corrected chi connectivity index (χ0v) is 9.03. The van der Waals surface area contributed by atoms with E-state index in [1.54, 1.807) is 18.4 Å². The number of aryl methyl sites for hydroxylation is 1. The van der Waals surface area contributed by atoms with Gasteiger partial charge in [0, 0.05) is 10.6 Å². The Morgan fingerprint density at radius 2 is 2.13 bits per heavy atom. The molecule has 1 atom stereocenters. The molecular weight excluding hydrogens is 212 g/mol. The molecule has 15 heavy (non-hydrogen) atoms. The molecule has 1 aromatic carbocycles. The first-order valence-corrected chi connectivity index (χ1v) is 5.02. The fraction of sp³-hybridized carbons (Fsp3) is 0.167. The molecule has 0 bridgehead atoms. The molecule has 78 valence electrons. The summed E-state index contributed by atoms with van der Waals surface area (Å²) in [6, 6.07) is 7.21. The number of hydrogen-bond acceptors (Lipinski definition) is 2. The molecule has 2 rings (SSSR count). The smallest absolute Gasteiger partial charge is 0.107 e. The monoisotopic (exact) mass is 222 g/mol. The van der Waals surface area contributed by atoms with Crippen LogP contribution in [0.3, 0.4) is 0 Å². The van der Waals surface area contributed by atoms with Gasteiger partial charge in [0.2, 0.25) is 0 Å². The maximum Gasteiger partial charge on any atom is 0.107 e. The van der Waals surface area contributed by atoms with Crippen molar-refractivity contribution in [3.05, 3.63) is 58.5 Å². The topological polar surface area (TPSA) is 33.4 Å². The van der Waals surface area contributed by atoms with E-state index < -0.39 is 6.10 Å². The van der Waals surface area contributed by atoms with E-state index in [-0.39, 0.29) is 0 Å². The number of aliphatic hydroxyl groups excluding tert-OH is 1. The highest BCUT2D eigenvalue weighted by molar-refractivity contribution is 6.30. The molecule has 0 saturated carbocycles. The standard InChI is InChI=1S/C12H11ClO2/c1-8-2-3-10(13)6-11(8)12(14)9-4-5-15-7-9/h2-7,12,14H,1H3. The van der Waals surface area contributed by atoms with Crippen LogP contribution < -0.4 is 0 Å². The van der Waals surface area contributed by atoms with E-state index in [2.05, 4.69) is 0 Å². The molecule has 2 nitrogen and oxygen atoms in total. The van der Waals surface area contributed by atoms with Crippen molar-refractivity contribution in [1.29, 1.82) is 0 Å². The predicted octanol–water partition coefficient (Wildman–Crippen LogP) is 3.32. The highest BCUT2D eigenvalue weighted by atomic mass is 35.5. The Bertz CT molecular complexity index is 449. The normalized spacial score (nSPS) is 12.7. The lowest BCUT2D eigenvalue weighted by Gasteiger charge is -2.12. The van der Waals surface area contributed by atoms with E-state index in [0.717, 1.165) is 16.7 Å². The molecule has 0 aliphatic heterocycles. The van der Waals surface area contributed by atoms with Gasteiger partial charge in [-0.2, -0.15) is 0 Å². The van der Waals surface area contributed by atoms with Gasteiger partial charge in [-0.15, -0.1) is 0 Å². The van der Waals surface area contributed by atoms with Gasteiger partial charge in [0.1, 0.15) is 6.10 Å². The van der Waals surface area contributed by atoms with Gasteiger partial charge in [-0.05, 0) is 36.2 Å². The van der Waals surface area contributed by atoms with Crippen LogP contribution in [0.1, 0.15) is 22.8 Å². The van der Waals surface area contributed by atoms with E-state index in [1.807, 2.05) is 19.1 Å². The van der Waals surface area contributed by atoms with Crippen molar-refractivity contribution in [3.8, 4) is 0 Å². The van der Waals surface area contributed by atoms with Gasteiger partial charge >= 0.3 is 0 Å². The van der Waals surface area contributed by atoms with E-state index in [1.165, 1.54) is 6.26 Å². The third-order valence-electron chi connectivity index (χ3n) is 2.39. The second-order valence-corrected chi connectivity index (χ2v) is 3.90. The Morgan fingerprint density at radius 1 is 1.33 bits per heavy atom. The highest BCUT2D eigenvalue weighted by Gasteiger charge is 2.14. The number of benzene rings is 1. The fourth-order valence-electron chi connectivity index (χ4n) is 1.52. The van der Waals surface area contributed by atoms with Crippen molar-refractivity contribution in [2.45, 2.75) is 13.0 Å². The summed E-state index contributed by atoms with van der Waals surface area (Å²) >= 11 is 5.89. The molecule has 0 radical (unpaired) electrons. The summed E-state index contributed by atoms with van der Waals surface area (Å²) in [4.78, 5) is 0. The first kappa shape index (κ1) is 10.3. The van der Waals surface area contributed by atoms with Crippen LogP contribution in [0.15, 0.2) is 41.2 Å². The van der Waals surface area contributed by atoms with E-state index >= 15 is 0 Å². The maximum atomic E-state index is 10.1. The van der Waals surface area contributed by atoms with Crippen LogP contribution in [0.25, 0.3) is 0 Å². The lowest BCUT2D eigenvalue weighted by Crippen LogP contribution is -2.00. The minimum Gasteiger partial charge on any atom is -0.472 e. The Labute approximate surface area is 93.1 Å². The lowest BCUT2D eigenvalue weighted by atomic mass is 10.00. The summed E-state index contributed by atoms with van der Waals surface area (Å²) in [5, 5.41) is 10.7. The minimum atomic E-state index is -0.678. The van der Waals surface area contributed by atoms with Crippen LogP contribution in [0.4, 0.5) is 0 Å². The van der Waals surface area contributed by atoms with Crippen molar-refractivity contribution in [1.82, 2.24) is 0 Å². The van der Waals surface area contributed by atoms with Crippen molar-refractivity contribution in [2.24, 2.45) is 0 Å². The molecule has 0 amide bonds. The molecule has 3 heteroatoms. The van der Waals surface area contributed by atoms with E-state index in [0.29, 0.717) is 5.02 Å². The van der Waals surface area contributed by atoms with Crippen LogP contribution in [0.5, 0.6) is 0 Å². The summed E-state index contributed by atoms with van der Waals surface area (Å²) in [5.74, 6) is 0. The molecule has 0 aliphatic rings. The third-order valence-corrected chi connectivity index (χ3v) is 2.63. The van der Waals surface area contributed by atoms with Crippen molar-refractivity contribution in [2.75, 3.05) is 0 Å². The number of furan rings is 1. The summed E-state index contributed by atoms with van der Waals surface area (Å²) in [5.41, 5.74) is 2.55. The molecule has 0 fully saturated rings. The number of halogens is 1. The van der Waals surface area contributed by atoms with Gasteiger partial charge in [-0.3, -0.25) is 0 Å². The molecular formula is C12H11ClO2. The Balaban J connectivity index is 2.41. The summed E-state index contributed by atoms with van der Waals surface area (Å²) in [6.45, 7) is 1.94. The van der Waals surface area contributed by atoms with Crippen LogP contribution in [0.2, 0.25) is 5.02 Å². The summed E-state index contributed by atoms with van der Waals surface area (Å²) in [7, 11) is 0. The third kappa shape index (κ3) is 2.06. The van der Waals surface area contributed by atoms with Gasteiger partial charge in [0.25, 0.3) is 0 Å². The second kappa shape index (κ2) is 4.09. The van der Waals surface area contributed by atoms with E-state index in [4.69, 9.17) is 16.0 Å². The highest BCUT2D eigenvalue weighted by Crippen LogP contribution is 2.27. The molecule has 2 aromatic rings. The largest absolute Gasteiger partial charge is 0.472 e. The molecule has 0 aliphatic carbocycles. The Hall–Kier alpha value is -1.25. The first-order valence-electron chi connectivity index (χ1n) is 4.64.